The number of carbonyl (C=O) groups excluding carboxylic acids is 2. The first-order valence-corrected chi connectivity index (χ1v) is 10.6. The van der Waals surface area contributed by atoms with Crippen molar-refractivity contribution in [1.82, 2.24) is 20.4 Å². The van der Waals surface area contributed by atoms with Crippen molar-refractivity contribution < 1.29 is 9.59 Å². The number of carbonyl (C=O) groups is 2. The molecule has 3 rings (SSSR count). The van der Waals surface area contributed by atoms with Crippen molar-refractivity contribution in [2.24, 2.45) is 0 Å². The fraction of sp³-hybridized carbons (Fsp3) is 0.0526. The van der Waals surface area contributed by atoms with Gasteiger partial charge in [0.2, 0.25) is 5.91 Å². The Morgan fingerprint density at radius 1 is 1.10 bits per heavy atom. The summed E-state index contributed by atoms with van der Waals surface area (Å²) in [4.78, 5) is 39.9. The van der Waals surface area contributed by atoms with Gasteiger partial charge in [0.25, 0.3) is 11.5 Å². The van der Waals surface area contributed by atoms with E-state index in [1.165, 1.54) is 10.6 Å². The molecule has 0 saturated heterocycles. The molecule has 2 amide bonds. The van der Waals surface area contributed by atoms with Gasteiger partial charge in [0.15, 0.2) is 5.16 Å². The summed E-state index contributed by atoms with van der Waals surface area (Å²) in [6.45, 7) is 0. The van der Waals surface area contributed by atoms with E-state index in [9.17, 15) is 14.4 Å². The summed E-state index contributed by atoms with van der Waals surface area (Å²) in [5, 5.41) is 0.776. The predicted octanol–water partition coefficient (Wildman–Crippen LogP) is 2.78. The molecule has 1 heterocycles. The molecule has 0 fully saturated rings. The van der Waals surface area contributed by atoms with Crippen molar-refractivity contribution in [3.05, 3.63) is 80.0 Å². The second-order valence-corrected chi connectivity index (χ2v) is 8.21. The molecule has 0 radical (unpaired) electrons. The Labute approximate surface area is 188 Å². The second-order valence-electron chi connectivity index (χ2n) is 5.91. The number of nitrogens with two attached hydrogens (primary N) is 1. The van der Waals surface area contributed by atoms with Crippen LogP contribution in [0.4, 0.5) is 5.82 Å². The standard InChI is InChI=1S/C19H15BrClN5O3S/c20-12-3-1-11(2-4-12)18(29)25-24-17(28)10-30-19-23-16(27)9-15(22)26(19)14-7-5-13(21)6-8-14/h1-9H,10,22H2,(H,24,28)(H,25,29). The lowest BCUT2D eigenvalue weighted by Gasteiger charge is -2.15. The Morgan fingerprint density at radius 3 is 2.43 bits per heavy atom. The summed E-state index contributed by atoms with van der Waals surface area (Å²) in [5.41, 5.74) is 11.1. The Hall–Kier alpha value is -2.82. The average molecular weight is 509 g/mol. The van der Waals surface area contributed by atoms with Crippen molar-refractivity contribution in [2.75, 3.05) is 11.5 Å². The van der Waals surface area contributed by atoms with E-state index < -0.39 is 17.4 Å². The van der Waals surface area contributed by atoms with Gasteiger partial charge in [-0.3, -0.25) is 29.8 Å². The Morgan fingerprint density at radius 2 is 1.77 bits per heavy atom. The van der Waals surface area contributed by atoms with Crippen LogP contribution in [0.15, 0.2) is 69.0 Å². The van der Waals surface area contributed by atoms with Crippen LogP contribution < -0.4 is 22.1 Å². The number of amides is 2. The first kappa shape index (κ1) is 21.9. The number of nitrogens with zero attached hydrogens (tertiary/aromatic N) is 2. The van der Waals surface area contributed by atoms with E-state index >= 15 is 0 Å². The minimum absolute atomic E-state index is 0.107. The van der Waals surface area contributed by atoms with E-state index in [0.717, 1.165) is 16.2 Å². The monoisotopic (exact) mass is 507 g/mol. The van der Waals surface area contributed by atoms with Crippen LogP contribution in [0, 0.1) is 0 Å². The van der Waals surface area contributed by atoms with Gasteiger partial charge in [-0.2, -0.15) is 4.98 Å². The summed E-state index contributed by atoms with van der Waals surface area (Å²) >= 11 is 10.2. The molecule has 0 bridgehead atoms. The fourth-order valence-corrected chi connectivity index (χ4v) is 3.61. The predicted molar refractivity (Wildman–Crippen MR) is 120 cm³/mol. The van der Waals surface area contributed by atoms with Crippen LogP contribution >= 0.6 is 39.3 Å². The highest BCUT2D eigenvalue weighted by molar-refractivity contribution is 9.10. The van der Waals surface area contributed by atoms with E-state index in [-0.39, 0.29) is 16.7 Å². The molecule has 0 aliphatic rings. The molecular formula is C19H15BrClN5O3S. The normalized spacial score (nSPS) is 10.5. The van der Waals surface area contributed by atoms with Gasteiger partial charge in [-0.05, 0) is 48.5 Å². The third-order valence-electron chi connectivity index (χ3n) is 3.77. The molecule has 30 heavy (non-hydrogen) atoms. The van der Waals surface area contributed by atoms with Crippen molar-refractivity contribution in [2.45, 2.75) is 5.16 Å². The molecule has 0 spiro atoms. The first-order valence-electron chi connectivity index (χ1n) is 8.46. The molecule has 2 aromatic carbocycles. The van der Waals surface area contributed by atoms with Crippen molar-refractivity contribution in [3.8, 4) is 5.69 Å². The lowest BCUT2D eigenvalue weighted by atomic mass is 10.2. The third-order valence-corrected chi connectivity index (χ3v) is 5.48. The van der Waals surface area contributed by atoms with Gasteiger partial charge in [0.1, 0.15) is 5.82 Å². The second kappa shape index (κ2) is 9.79. The topological polar surface area (TPSA) is 119 Å². The van der Waals surface area contributed by atoms with Gasteiger partial charge < -0.3 is 5.73 Å². The molecule has 0 unspecified atom stereocenters. The molecule has 0 aliphatic carbocycles. The number of nitrogen functional groups attached to an aromatic ring is 1. The molecule has 3 aromatic rings. The molecular weight excluding hydrogens is 494 g/mol. The number of hydrogen-bond donors (Lipinski definition) is 3. The quantitative estimate of drug-likeness (QED) is 0.277. The third kappa shape index (κ3) is 5.62. The van der Waals surface area contributed by atoms with Crippen LogP contribution in [-0.2, 0) is 4.79 Å². The van der Waals surface area contributed by atoms with Gasteiger partial charge >= 0.3 is 0 Å². The molecule has 0 aliphatic heterocycles. The summed E-state index contributed by atoms with van der Waals surface area (Å²) in [7, 11) is 0. The van der Waals surface area contributed by atoms with Crippen LogP contribution in [0.3, 0.4) is 0 Å². The smallest absolute Gasteiger partial charge is 0.275 e. The van der Waals surface area contributed by atoms with Crippen molar-refractivity contribution in [1.29, 1.82) is 0 Å². The lowest BCUT2D eigenvalue weighted by molar-refractivity contribution is -0.119. The first-order chi connectivity index (χ1) is 14.3. The number of nitrogens with one attached hydrogen (secondary N) is 2. The maximum atomic E-state index is 12.2. The molecule has 0 saturated carbocycles. The minimum atomic E-state index is -0.524. The van der Waals surface area contributed by atoms with Crippen LogP contribution in [0.1, 0.15) is 10.4 Å². The Bertz CT molecular complexity index is 1140. The van der Waals surface area contributed by atoms with E-state index in [1.807, 2.05) is 0 Å². The average Bonchev–Trinajstić information content (AvgIpc) is 2.71. The molecule has 11 heteroatoms. The number of thioether (sulfide) groups is 1. The van der Waals surface area contributed by atoms with E-state index in [4.69, 9.17) is 17.3 Å². The van der Waals surface area contributed by atoms with Crippen LogP contribution in [0.2, 0.25) is 5.02 Å². The van der Waals surface area contributed by atoms with Crippen molar-refractivity contribution in [3.63, 3.8) is 0 Å². The summed E-state index contributed by atoms with van der Waals surface area (Å²) in [5.74, 6) is -0.876. The van der Waals surface area contributed by atoms with Gasteiger partial charge in [0.05, 0.1) is 5.75 Å². The molecule has 8 nitrogen and oxygen atoms in total. The number of hydrogen-bond acceptors (Lipinski definition) is 6. The number of anilines is 1. The van der Waals surface area contributed by atoms with E-state index in [0.29, 0.717) is 16.3 Å². The molecule has 0 atom stereocenters. The zero-order valence-electron chi connectivity index (χ0n) is 15.3. The van der Waals surface area contributed by atoms with Gasteiger partial charge in [-0.1, -0.05) is 39.3 Å². The molecule has 1 aromatic heterocycles. The van der Waals surface area contributed by atoms with Gasteiger partial charge in [0, 0.05) is 26.8 Å². The maximum Gasteiger partial charge on any atom is 0.275 e. The SMILES string of the molecule is Nc1cc(=O)nc(SCC(=O)NNC(=O)c2ccc(Br)cc2)n1-c1ccc(Cl)cc1. The highest BCUT2D eigenvalue weighted by atomic mass is 79.9. The highest BCUT2D eigenvalue weighted by Gasteiger charge is 2.13. The maximum absolute atomic E-state index is 12.2. The summed E-state index contributed by atoms with van der Waals surface area (Å²) < 4.78 is 2.37. The largest absolute Gasteiger partial charge is 0.385 e. The number of halogens is 2. The van der Waals surface area contributed by atoms with E-state index in [2.05, 4.69) is 31.8 Å². The number of rotatable bonds is 5. The summed E-state index contributed by atoms with van der Waals surface area (Å²) in [6.07, 6.45) is 0. The molecule has 154 valence electrons. The Kier molecular flexibility index (Phi) is 7.14. The van der Waals surface area contributed by atoms with Crippen LogP contribution in [0.25, 0.3) is 5.69 Å². The number of hydrazine groups is 1. The van der Waals surface area contributed by atoms with Crippen LogP contribution in [-0.4, -0.2) is 27.1 Å². The lowest BCUT2D eigenvalue weighted by Crippen LogP contribution is -2.42. The van der Waals surface area contributed by atoms with E-state index in [1.54, 1.807) is 48.5 Å². The minimum Gasteiger partial charge on any atom is -0.385 e. The number of aromatic nitrogens is 2. The van der Waals surface area contributed by atoms with Gasteiger partial charge in [-0.25, -0.2) is 0 Å². The van der Waals surface area contributed by atoms with Gasteiger partial charge in [-0.15, -0.1) is 0 Å². The number of benzene rings is 2. The Balaban J connectivity index is 1.67. The zero-order valence-corrected chi connectivity index (χ0v) is 18.4. The zero-order chi connectivity index (χ0) is 21.7. The van der Waals surface area contributed by atoms with Crippen molar-refractivity contribution >= 4 is 56.9 Å². The fourth-order valence-electron chi connectivity index (χ4n) is 2.39. The summed E-state index contributed by atoms with van der Waals surface area (Å²) in [6, 6.07) is 14.6. The highest BCUT2D eigenvalue weighted by Crippen LogP contribution is 2.23. The molecule has 4 N–H and O–H groups in total. The van der Waals surface area contributed by atoms with Crippen LogP contribution in [0.5, 0.6) is 0 Å².